The summed E-state index contributed by atoms with van der Waals surface area (Å²) in [6, 6.07) is 13.1. The predicted molar refractivity (Wildman–Crippen MR) is 108 cm³/mol. The van der Waals surface area contributed by atoms with Gasteiger partial charge in [0, 0.05) is 36.0 Å². The van der Waals surface area contributed by atoms with Gasteiger partial charge in [0.05, 0.1) is 24.6 Å². The molecule has 0 radical (unpaired) electrons. The summed E-state index contributed by atoms with van der Waals surface area (Å²) in [5, 5.41) is 6.12. The maximum Gasteiger partial charge on any atom is 0.340 e. The van der Waals surface area contributed by atoms with Crippen LogP contribution in [0, 0.1) is 0 Å². The lowest BCUT2D eigenvalue weighted by Crippen LogP contribution is -2.01. The van der Waals surface area contributed by atoms with E-state index in [1.165, 1.54) is 7.11 Å². The summed E-state index contributed by atoms with van der Waals surface area (Å²) in [5.74, 6) is -0.0194. The van der Waals surface area contributed by atoms with E-state index in [1.807, 2.05) is 43.7 Å². The molecular formula is C22H16N4O3. The predicted octanol–water partition coefficient (Wildman–Crippen LogP) is 4.23. The van der Waals surface area contributed by atoms with E-state index < -0.39 is 5.97 Å². The van der Waals surface area contributed by atoms with Crippen LogP contribution in [0.3, 0.4) is 0 Å². The fourth-order valence-electron chi connectivity index (χ4n) is 3.41. The van der Waals surface area contributed by atoms with Gasteiger partial charge < -0.3 is 9.15 Å². The fourth-order valence-corrected chi connectivity index (χ4v) is 3.41. The first kappa shape index (κ1) is 17.1. The van der Waals surface area contributed by atoms with Crippen LogP contribution in [-0.2, 0) is 11.8 Å². The number of carbonyl (C=O) groups is 1. The number of nitrogens with zero attached hydrogens (tertiary/aromatic N) is 4. The Morgan fingerprint density at radius 1 is 1.14 bits per heavy atom. The molecule has 0 bridgehead atoms. The van der Waals surface area contributed by atoms with Gasteiger partial charge in [-0.05, 0) is 29.7 Å². The molecule has 5 aromatic rings. The summed E-state index contributed by atoms with van der Waals surface area (Å²) in [7, 11) is 3.22. The number of hydrogen-bond acceptors (Lipinski definition) is 6. The van der Waals surface area contributed by atoms with Crippen molar-refractivity contribution in [3.8, 4) is 22.7 Å². The second-order valence-corrected chi connectivity index (χ2v) is 6.66. The lowest BCUT2D eigenvalue weighted by Gasteiger charge is -2.04. The van der Waals surface area contributed by atoms with Gasteiger partial charge in [-0.15, -0.1) is 0 Å². The zero-order valence-electron chi connectivity index (χ0n) is 15.8. The zero-order chi connectivity index (χ0) is 20.0. The van der Waals surface area contributed by atoms with E-state index in [4.69, 9.17) is 9.15 Å². The van der Waals surface area contributed by atoms with Crippen molar-refractivity contribution in [2.24, 2.45) is 7.05 Å². The average molecular weight is 384 g/mol. The Labute approximate surface area is 165 Å². The normalized spacial score (nSPS) is 11.2. The van der Waals surface area contributed by atoms with Gasteiger partial charge in [0.15, 0.2) is 5.58 Å². The molecule has 0 aliphatic carbocycles. The molecule has 7 heteroatoms. The molecular weight excluding hydrogens is 368 g/mol. The number of fused-ring (bicyclic) bond motifs is 2. The molecule has 0 atom stereocenters. The van der Waals surface area contributed by atoms with Crippen LogP contribution < -0.4 is 0 Å². The highest BCUT2D eigenvalue weighted by Crippen LogP contribution is 2.32. The van der Waals surface area contributed by atoms with Crippen LogP contribution in [0.4, 0.5) is 0 Å². The van der Waals surface area contributed by atoms with E-state index in [0.29, 0.717) is 22.6 Å². The molecule has 5 rings (SSSR count). The SMILES string of the molecule is COC(=O)c1cccc2oc(-c3cccc4cc(-c5cnn(C)c5)ncc34)nc12. The van der Waals surface area contributed by atoms with Crippen molar-refractivity contribution in [3.05, 3.63) is 66.6 Å². The second kappa shape index (κ2) is 6.56. The first-order chi connectivity index (χ1) is 14.1. The number of benzene rings is 2. The lowest BCUT2D eigenvalue weighted by atomic mass is 10.0. The number of methoxy groups -OCH3 is 1. The standard InChI is InChI=1S/C22H16N4O3/c1-26-12-14(10-24-26)18-9-13-5-3-6-15(17(13)11-23-18)21-25-20-16(22(27)28-2)7-4-8-19(20)29-21/h3-12H,1-2H3. The third kappa shape index (κ3) is 2.84. The van der Waals surface area contributed by atoms with Crippen molar-refractivity contribution in [1.82, 2.24) is 19.7 Å². The minimum Gasteiger partial charge on any atom is -0.465 e. The second-order valence-electron chi connectivity index (χ2n) is 6.66. The molecule has 29 heavy (non-hydrogen) atoms. The van der Waals surface area contributed by atoms with Crippen LogP contribution in [0.2, 0.25) is 0 Å². The van der Waals surface area contributed by atoms with Crippen molar-refractivity contribution < 1.29 is 13.9 Å². The first-order valence-corrected chi connectivity index (χ1v) is 9.00. The van der Waals surface area contributed by atoms with E-state index in [9.17, 15) is 4.79 Å². The number of hydrogen-bond donors (Lipinski definition) is 0. The number of aromatic nitrogens is 4. The zero-order valence-corrected chi connectivity index (χ0v) is 15.8. The summed E-state index contributed by atoms with van der Waals surface area (Å²) in [6.07, 6.45) is 5.52. The van der Waals surface area contributed by atoms with Gasteiger partial charge in [-0.25, -0.2) is 9.78 Å². The van der Waals surface area contributed by atoms with Crippen LogP contribution in [0.1, 0.15) is 10.4 Å². The molecule has 0 saturated carbocycles. The maximum absolute atomic E-state index is 12.0. The van der Waals surface area contributed by atoms with Crippen molar-refractivity contribution in [3.63, 3.8) is 0 Å². The highest BCUT2D eigenvalue weighted by Gasteiger charge is 2.18. The monoisotopic (exact) mass is 384 g/mol. The van der Waals surface area contributed by atoms with E-state index in [2.05, 4.69) is 15.1 Å². The van der Waals surface area contributed by atoms with Crippen LogP contribution >= 0.6 is 0 Å². The molecule has 0 saturated heterocycles. The number of aryl methyl sites for hydroxylation is 1. The van der Waals surface area contributed by atoms with Gasteiger partial charge in [-0.3, -0.25) is 9.67 Å². The van der Waals surface area contributed by atoms with Gasteiger partial charge in [-0.2, -0.15) is 5.10 Å². The highest BCUT2D eigenvalue weighted by molar-refractivity contribution is 6.03. The highest BCUT2D eigenvalue weighted by atomic mass is 16.5. The molecule has 0 aliphatic rings. The number of rotatable bonds is 3. The van der Waals surface area contributed by atoms with Crippen LogP contribution in [0.25, 0.3) is 44.6 Å². The Bertz CT molecular complexity index is 1380. The van der Waals surface area contributed by atoms with Crippen molar-refractivity contribution in [2.45, 2.75) is 0 Å². The molecule has 0 spiro atoms. The van der Waals surface area contributed by atoms with Crippen molar-refractivity contribution in [2.75, 3.05) is 7.11 Å². The third-order valence-electron chi connectivity index (χ3n) is 4.82. The lowest BCUT2D eigenvalue weighted by molar-refractivity contribution is 0.0602. The van der Waals surface area contributed by atoms with E-state index in [-0.39, 0.29) is 0 Å². The fraction of sp³-hybridized carbons (Fsp3) is 0.0909. The maximum atomic E-state index is 12.0. The molecule has 0 N–H and O–H groups in total. The quantitative estimate of drug-likeness (QED) is 0.433. The molecule has 7 nitrogen and oxygen atoms in total. The van der Waals surface area contributed by atoms with E-state index >= 15 is 0 Å². The summed E-state index contributed by atoms with van der Waals surface area (Å²) < 4.78 is 12.5. The van der Waals surface area contributed by atoms with E-state index in [1.54, 1.807) is 29.1 Å². The van der Waals surface area contributed by atoms with Crippen molar-refractivity contribution >= 4 is 27.8 Å². The number of pyridine rings is 1. The largest absolute Gasteiger partial charge is 0.465 e. The molecule has 2 aromatic carbocycles. The minimum atomic E-state index is -0.448. The molecule has 0 amide bonds. The Kier molecular flexibility index (Phi) is 3.87. The van der Waals surface area contributed by atoms with Gasteiger partial charge in [0.25, 0.3) is 0 Å². The Morgan fingerprint density at radius 3 is 2.79 bits per heavy atom. The van der Waals surface area contributed by atoms with Gasteiger partial charge in [0.1, 0.15) is 5.52 Å². The van der Waals surface area contributed by atoms with Gasteiger partial charge in [0.2, 0.25) is 5.89 Å². The number of ether oxygens (including phenoxy) is 1. The molecule has 0 aliphatic heterocycles. The number of oxazole rings is 1. The van der Waals surface area contributed by atoms with Crippen LogP contribution in [0.15, 0.2) is 65.5 Å². The smallest absolute Gasteiger partial charge is 0.340 e. The molecule has 0 unspecified atom stereocenters. The number of esters is 1. The summed E-state index contributed by atoms with van der Waals surface area (Å²) in [5.41, 5.74) is 3.97. The molecule has 142 valence electrons. The van der Waals surface area contributed by atoms with E-state index in [0.717, 1.165) is 27.6 Å². The van der Waals surface area contributed by atoms with Crippen molar-refractivity contribution in [1.29, 1.82) is 0 Å². The Balaban J connectivity index is 1.66. The first-order valence-electron chi connectivity index (χ1n) is 9.00. The molecule has 3 aromatic heterocycles. The van der Waals surface area contributed by atoms with Crippen LogP contribution in [0.5, 0.6) is 0 Å². The number of carbonyl (C=O) groups excluding carboxylic acids is 1. The molecule has 3 heterocycles. The topological polar surface area (TPSA) is 83.0 Å². The van der Waals surface area contributed by atoms with Crippen LogP contribution in [-0.4, -0.2) is 32.8 Å². The third-order valence-corrected chi connectivity index (χ3v) is 4.82. The summed E-state index contributed by atoms with van der Waals surface area (Å²) in [6.45, 7) is 0. The van der Waals surface area contributed by atoms with Gasteiger partial charge in [-0.1, -0.05) is 18.2 Å². The average Bonchev–Trinajstić information content (AvgIpc) is 3.38. The Hall–Kier alpha value is -4.00. The summed E-state index contributed by atoms with van der Waals surface area (Å²) in [4.78, 5) is 21.2. The minimum absolute atomic E-state index is 0.372. The summed E-state index contributed by atoms with van der Waals surface area (Å²) >= 11 is 0. The Morgan fingerprint density at radius 2 is 2.00 bits per heavy atom. The molecule has 0 fully saturated rings. The number of para-hydroxylation sites is 1. The van der Waals surface area contributed by atoms with Gasteiger partial charge >= 0.3 is 5.97 Å².